The van der Waals surface area contributed by atoms with E-state index in [-0.39, 0.29) is 17.2 Å². The number of nitrogens with one attached hydrogen (secondary N) is 1. The molecule has 3 rings (SSSR count). The molecule has 1 saturated heterocycles. The fourth-order valence-corrected chi connectivity index (χ4v) is 4.71. The van der Waals surface area contributed by atoms with Gasteiger partial charge in [-0.05, 0) is 29.8 Å². The average Bonchev–Trinajstić information content (AvgIpc) is 2.67. The van der Waals surface area contributed by atoms with Crippen molar-refractivity contribution in [3.05, 3.63) is 64.0 Å². The molecule has 2 aromatic rings. The average molecular weight is 395 g/mol. The Balaban J connectivity index is 2.04. The molecule has 1 heterocycles. The van der Waals surface area contributed by atoms with Crippen LogP contribution in [0, 0.1) is 15.9 Å². The zero-order valence-corrected chi connectivity index (χ0v) is 15.3. The van der Waals surface area contributed by atoms with Gasteiger partial charge in [0.1, 0.15) is 5.82 Å². The Morgan fingerprint density at radius 3 is 2.74 bits per heavy atom. The molecule has 1 atom stereocenters. The van der Waals surface area contributed by atoms with E-state index in [9.17, 15) is 22.9 Å². The Hall–Kier alpha value is -2.56. The third-order valence-electron chi connectivity index (χ3n) is 4.38. The molecule has 8 nitrogen and oxygen atoms in total. The fourth-order valence-electron chi connectivity index (χ4n) is 3.08. The first-order valence-corrected chi connectivity index (χ1v) is 9.59. The highest BCUT2D eigenvalue weighted by Gasteiger charge is 2.35. The maximum Gasteiger partial charge on any atom is 0.312 e. The van der Waals surface area contributed by atoms with E-state index < -0.39 is 32.5 Å². The molecule has 1 unspecified atom stereocenters. The van der Waals surface area contributed by atoms with Gasteiger partial charge in [-0.25, -0.2) is 12.8 Å². The number of nitro benzene ring substituents is 1. The number of nitrogens with zero attached hydrogens (tertiary/aromatic N) is 2. The largest absolute Gasteiger partial charge is 0.490 e. The SMILES string of the molecule is COc1ccc(S(=O)(=O)N2CCNCC2c2cccc(F)c2)cc1[N+](=O)[O-]. The van der Waals surface area contributed by atoms with Gasteiger partial charge in [-0.3, -0.25) is 10.1 Å². The van der Waals surface area contributed by atoms with Crippen molar-refractivity contribution in [1.82, 2.24) is 9.62 Å². The third kappa shape index (κ3) is 3.77. The summed E-state index contributed by atoms with van der Waals surface area (Å²) in [7, 11) is -2.77. The number of rotatable bonds is 5. The van der Waals surface area contributed by atoms with Crippen LogP contribution in [-0.4, -0.2) is 44.4 Å². The summed E-state index contributed by atoms with van der Waals surface area (Å²) >= 11 is 0. The van der Waals surface area contributed by atoms with Crippen molar-refractivity contribution in [2.75, 3.05) is 26.7 Å². The van der Waals surface area contributed by atoms with Crippen LogP contribution in [0.5, 0.6) is 5.75 Å². The zero-order chi connectivity index (χ0) is 19.6. The van der Waals surface area contributed by atoms with Crippen LogP contribution in [0.25, 0.3) is 0 Å². The maximum absolute atomic E-state index is 13.6. The van der Waals surface area contributed by atoms with E-state index in [1.807, 2.05) is 0 Å². The molecule has 1 aliphatic heterocycles. The van der Waals surface area contributed by atoms with Crippen LogP contribution in [0.3, 0.4) is 0 Å². The summed E-state index contributed by atoms with van der Waals surface area (Å²) in [5.74, 6) is -0.489. The highest BCUT2D eigenvalue weighted by molar-refractivity contribution is 7.89. The summed E-state index contributed by atoms with van der Waals surface area (Å²) in [4.78, 5) is 10.3. The predicted octanol–water partition coefficient (Wildman–Crippen LogP) is 2.08. The van der Waals surface area contributed by atoms with E-state index in [0.717, 1.165) is 6.07 Å². The molecular weight excluding hydrogens is 377 g/mol. The Morgan fingerprint density at radius 1 is 1.30 bits per heavy atom. The third-order valence-corrected chi connectivity index (χ3v) is 6.29. The van der Waals surface area contributed by atoms with Gasteiger partial charge in [-0.2, -0.15) is 4.31 Å². The van der Waals surface area contributed by atoms with Gasteiger partial charge in [0.25, 0.3) is 0 Å². The minimum Gasteiger partial charge on any atom is -0.490 e. The number of piperazine rings is 1. The minimum absolute atomic E-state index is 0.0269. The summed E-state index contributed by atoms with van der Waals surface area (Å²) < 4.78 is 46.1. The molecule has 10 heteroatoms. The van der Waals surface area contributed by atoms with Crippen molar-refractivity contribution in [1.29, 1.82) is 0 Å². The topological polar surface area (TPSA) is 102 Å². The summed E-state index contributed by atoms with van der Waals surface area (Å²) in [5, 5.41) is 14.3. The molecular formula is C17H18FN3O5S. The van der Waals surface area contributed by atoms with Gasteiger partial charge < -0.3 is 10.1 Å². The Bertz CT molecular complexity index is 967. The highest BCUT2D eigenvalue weighted by atomic mass is 32.2. The van der Waals surface area contributed by atoms with Crippen LogP contribution in [0.4, 0.5) is 10.1 Å². The molecule has 0 aromatic heterocycles. The number of methoxy groups -OCH3 is 1. The maximum atomic E-state index is 13.6. The van der Waals surface area contributed by atoms with Gasteiger partial charge in [0, 0.05) is 25.7 Å². The number of benzene rings is 2. The van der Waals surface area contributed by atoms with Gasteiger partial charge in [0.15, 0.2) is 5.75 Å². The lowest BCUT2D eigenvalue weighted by atomic mass is 10.1. The molecule has 27 heavy (non-hydrogen) atoms. The second-order valence-electron chi connectivity index (χ2n) is 5.98. The lowest BCUT2D eigenvalue weighted by Gasteiger charge is -2.35. The standard InChI is InChI=1S/C17H18FN3O5S/c1-26-17-6-5-14(10-15(17)21(22)23)27(24,25)20-8-7-19-11-16(20)12-3-2-4-13(18)9-12/h2-6,9-10,16,19H,7-8,11H2,1H3. The van der Waals surface area contributed by atoms with E-state index in [2.05, 4.69) is 5.32 Å². The van der Waals surface area contributed by atoms with Crippen molar-refractivity contribution in [3.63, 3.8) is 0 Å². The predicted molar refractivity (Wildman–Crippen MR) is 95.6 cm³/mol. The van der Waals surface area contributed by atoms with Crippen LogP contribution in [-0.2, 0) is 10.0 Å². The molecule has 0 radical (unpaired) electrons. The van der Waals surface area contributed by atoms with Crippen molar-refractivity contribution in [3.8, 4) is 5.75 Å². The summed E-state index contributed by atoms with van der Waals surface area (Å²) in [6.07, 6.45) is 0. The van der Waals surface area contributed by atoms with Gasteiger partial charge in [-0.1, -0.05) is 12.1 Å². The molecule has 0 bridgehead atoms. The van der Waals surface area contributed by atoms with Crippen molar-refractivity contribution in [2.45, 2.75) is 10.9 Å². The number of halogens is 1. The Labute approximate surface area is 155 Å². The van der Waals surface area contributed by atoms with Crippen LogP contribution >= 0.6 is 0 Å². The minimum atomic E-state index is -4.04. The van der Waals surface area contributed by atoms with E-state index in [1.54, 1.807) is 6.07 Å². The lowest BCUT2D eigenvalue weighted by molar-refractivity contribution is -0.386. The Morgan fingerprint density at radius 2 is 2.07 bits per heavy atom. The molecule has 2 aromatic carbocycles. The first kappa shape index (κ1) is 19.2. The molecule has 1 aliphatic rings. The fraction of sp³-hybridized carbons (Fsp3) is 0.294. The second kappa shape index (κ2) is 7.59. The van der Waals surface area contributed by atoms with E-state index in [0.29, 0.717) is 18.7 Å². The van der Waals surface area contributed by atoms with Gasteiger partial charge >= 0.3 is 5.69 Å². The summed E-state index contributed by atoms with van der Waals surface area (Å²) in [6, 6.07) is 8.62. The lowest BCUT2D eigenvalue weighted by Crippen LogP contribution is -2.48. The first-order valence-electron chi connectivity index (χ1n) is 8.15. The molecule has 144 valence electrons. The van der Waals surface area contributed by atoms with Crippen LogP contribution < -0.4 is 10.1 Å². The number of nitro groups is 1. The van der Waals surface area contributed by atoms with E-state index in [4.69, 9.17) is 4.74 Å². The molecule has 1 N–H and O–H groups in total. The quantitative estimate of drug-likeness (QED) is 0.614. The van der Waals surface area contributed by atoms with E-state index >= 15 is 0 Å². The first-order chi connectivity index (χ1) is 12.8. The van der Waals surface area contributed by atoms with Gasteiger partial charge in [0.2, 0.25) is 10.0 Å². The normalized spacial score (nSPS) is 18.2. The number of ether oxygens (including phenoxy) is 1. The van der Waals surface area contributed by atoms with Crippen molar-refractivity contribution in [2.24, 2.45) is 0 Å². The molecule has 0 amide bonds. The van der Waals surface area contributed by atoms with Gasteiger partial charge in [0.05, 0.1) is 23.0 Å². The van der Waals surface area contributed by atoms with Gasteiger partial charge in [-0.15, -0.1) is 0 Å². The van der Waals surface area contributed by atoms with Crippen LogP contribution in [0.15, 0.2) is 47.4 Å². The highest BCUT2D eigenvalue weighted by Crippen LogP contribution is 2.34. The molecule has 0 spiro atoms. The van der Waals surface area contributed by atoms with E-state index in [1.165, 1.54) is 41.7 Å². The second-order valence-corrected chi connectivity index (χ2v) is 7.87. The summed E-state index contributed by atoms with van der Waals surface area (Å²) in [6.45, 7) is 0.883. The number of hydrogen-bond acceptors (Lipinski definition) is 6. The molecule has 0 aliphatic carbocycles. The number of hydrogen-bond donors (Lipinski definition) is 1. The smallest absolute Gasteiger partial charge is 0.312 e. The number of sulfonamides is 1. The zero-order valence-electron chi connectivity index (χ0n) is 14.5. The Kier molecular flexibility index (Phi) is 5.40. The van der Waals surface area contributed by atoms with Crippen molar-refractivity contribution >= 4 is 15.7 Å². The molecule has 0 saturated carbocycles. The molecule has 1 fully saturated rings. The van der Waals surface area contributed by atoms with Crippen molar-refractivity contribution < 1.29 is 22.5 Å². The summed E-state index contributed by atoms with van der Waals surface area (Å²) in [5.41, 5.74) is 0.0739. The van der Waals surface area contributed by atoms with Crippen LogP contribution in [0.2, 0.25) is 0 Å². The monoisotopic (exact) mass is 395 g/mol. The van der Waals surface area contributed by atoms with Crippen LogP contribution in [0.1, 0.15) is 11.6 Å².